The molecule has 0 saturated heterocycles. The van der Waals surface area contributed by atoms with Crippen LogP contribution < -0.4 is 5.32 Å². The van der Waals surface area contributed by atoms with Crippen LogP contribution in [-0.4, -0.2) is 30.8 Å². The Morgan fingerprint density at radius 3 is 2.64 bits per heavy atom. The smallest absolute Gasteiger partial charge is 0.257 e. The summed E-state index contributed by atoms with van der Waals surface area (Å²) < 4.78 is 1.79. The molecule has 3 heterocycles. The minimum Gasteiger partial charge on any atom is -0.504 e. The Morgan fingerprint density at radius 2 is 1.93 bits per heavy atom. The lowest BCUT2D eigenvalue weighted by Crippen LogP contribution is -2.14. The van der Waals surface area contributed by atoms with Crippen LogP contribution in [0.25, 0.3) is 22.3 Å². The van der Waals surface area contributed by atoms with Gasteiger partial charge in [-0.05, 0) is 32.0 Å². The van der Waals surface area contributed by atoms with Gasteiger partial charge in [-0.15, -0.1) is 0 Å². The molecule has 28 heavy (non-hydrogen) atoms. The topological polar surface area (TPSA) is 92.9 Å². The fraction of sp³-hybridized carbons (Fsp3) is 0.143. The lowest BCUT2D eigenvalue weighted by molar-refractivity contribution is 0.102. The number of aromatic hydroxyl groups is 1. The highest BCUT2D eigenvalue weighted by Gasteiger charge is 2.19. The molecule has 1 aromatic carbocycles. The molecule has 7 nitrogen and oxygen atoms in total. The van der Waals surface area contributed by atoms with Crippen molar-refractivity contribution in [2.45, 2.75) is 19.9 Å². The van der Waals surface area contributed by atoms with Gasteiger partial charge in [0.1, 0.15) is 0 Å². The van der Waals surface area contributed by atoms with E-state index in [0.717, 1.165) is 5.56 Å². The maximum absolute atomic E-state index is 13.0. The summed E-state index contributed by atoms with van der Waals surface area (Å²) >= 11 is 0. The van der Waals surface area contributed by atoms with E-state index in [-0.39, 0.29) is 23.5 Å². The molecule has 3 aromatic heterocycles. The molecule has 4 rings (SSSR count). The second kappa shape index (κ2) is 7.11. The minimum absolute atomic E-state index is 0.0896. The normalized spacial score (nSPS) is 11.1. The third kappa shape index (κ3) is 3.18. The zero-order valence-corrected chi connectivity index (χ0v) is 15.5. The Morgan fingerprint density at radius 1 is 1.14 bits per heavy atom. The van der Waals surface area contributed by atoms with E-state index in [1.54, 1.807) is 23.0 Å². The summed E-state index contributed by atoms with van der Waals surface area (Å²) in [7, 11) is 0. The van der Waals surface area contributed by atoms with Gasteiger partial charge in [0.2, 0.25) is 0 Å². The number of rotatable bonds is 4. The average Bonchev–Trinajstić information content (AvgIpc) is 3.14. The maximum atomic E-state index is 13.0. The van der Waals surface area contributed by atoms with E-state index >= 15 is 0 Å². The Balaban J connectivity index is 1.86. The Kier molecular flexibility index (Phi) is 4.49. The van der Waals surface area contributed by atoms with E-state index < -0.39 is 0 Å². The van der Waals surface area contributed by atoms with Crippen LogP contribution in [0.4, 0.5) is 5.82 Å². The van der Waals surface area contributed by atoms with E-state index in [0.29, 0.717) is 22.3 Å². The predicted molar refractivity (Wildman–Crippen MR) is 107 cm³/mol. The number of nitrogens with one attached hydrogen (secondary N) is 1. The standard InChI is InChI=1S/C21H19N5O2/c1-13(2)26-20-16(12-23-26)15(11-17(24-20)14-7-4-3-5-8-14)21(28)25-19-18(27)9-6-10-22-19/h3-13,27H,1-2H3,(H,22,25,28). The van der Waals surface area contributed by atoms with Crippen LogP contribution in [0.5, 0.6) is 5.75 Å². The van der Waals surface area contributed by atoms with E-state index in [2.05, 4.69) is 15.4 Å². The average molecular weight is 373 g/mol. The SMILES string of the molecule is CC(C)n1ncc2c(C(=O)Nc3ncccc3O)cc(-c3ccccc3)nc21. The van der Waals surface area contributed by atoms with Gasteiger partial charge >= 0.3 is 0 Å². The first-order valence-corrected chi connectivity index (χ1v) is 8.93. The Labute approximate surface area is 161 Å². The second-order valence-corrected chi connectivity index (χ2v) is 6.67. The monoisotopic (exact) mass is 373 g/mol. The number of carbonyl (C=O) groups is 1. The molecule has 0 spiro atoms. The highest BCUT2D eigenvalue weighted by atomic mass is 16.3. The molecule has 0 aliphatic rings. The van der Waals surface area contributed by atoms with E-state index in [1.807, 2.05) is 44.2 Å². The van der Waals surface area contributed by atoms with Crippen molar-refractivity contribution in [2.75, 3.05) is 5.32 Å². The van der Waals surface area contributed by atoms with Crippen molar-refractivity contribution in [1.29, 1.82) is 0 Å². The number of amides is 1. The van der Waals surface area contributed by atoms with Crippen LogP contribution in [0.15, 0.2) is 60.9 Å². The van der Waals surface area contributed by atoms with Crippen molar-refractivity contribution >= 4 is 22.8 Å². The van der Waals surface area contributed by atoms with Crippen LogP contribution in [0, 0.1) is 0 Å². The van der Waals surface area contributed by atoms with Gasteiger partial charge in [-0.2, -0.15) is 5.10 Å². The summed E-state index contributed by atoms with van der Waals surface area (Å²) in [6, 6.07) is 14.5. The van der Waals surface area contributed by atoms with Gasteiger partial charge in [-0.3, -0.25) is 4.79 Å². The zero-order valence-electron chi connectivity index (χ0n) is 15.5. The largest absolute Gasteiger partial charge is 0.504 e. The van der Waals surface area contributed by atoms with Gasteiger partial charge in [0.05, 0.1) is 22.8 Å². The van der Waals surface area contributed by atoms with Crippen molar-refractivity contribution in [2.24, 2.45) is 0 Å². The summed E-state index contributed by atoms with van der Waals surface area (Å²) in [4.78, 5) is 21.8. The summed E-state index contributed by atoms with van der Waals surface area (Å²) in [5.74, 6) is -0.376. The third-order valence-electron chi connectivity index (χ3n) is 4.39. The van der Waals surface area contributed by atoms with Gasteiger partial charge < -0.3 is 10.4 Å². The van der Waals surface area contributed by atoms with E-state index in [1.165, 1.54) is 12.3 Å². The van der Waals surface area contributed by atoms with Crippen molar-refractivity contribution in [3.63, 3.8) is 0 Å². The number of fused-ring (bicyclic) bond motifs is 1. The van der Waals surface area contributed by atoms with Gasteiger partial charge in [0.15, 0.2) is 17.2 Å². The number of aromatic nitrogens is 4. The fourth-order valence-corrected chi connectivity index (χ4v) is 3.01. The quantitative estimate of drug-likeness (QED) is 0.563. The molecular formula is C21H19N5O2. The molecule has 0 unspecified atom stereocenters. The van der Waals surface area contributed by atoms with Gasteiger partial charge in [-0.1, -0.05) is 30.3 Å². The van der Waals surface area contributed by atoms with Crippen molar-refractivity contribution in [3.8, 4) is 17.0 Å². The Hall–Kier alpha value is -3.74. The molecule has 4 aromatic rings. The lowest BCUT2D eigenvalue weighted by atomic mass is 10.1. The van der Waals surface area contributed by atoms with Gasteiger partial charge in [0.25, 0.3) is 5.91 Å². The highest BCUT2D eigenvalue weighted by Crippen LogP contribution is 2.27. The molecule has 140 valence electrons. The first-order chi connectivity index (χ1) is 13.5. The highest BCUT2D eigenvalue weighted by molar-refractivity contribution is 6.12. The van der Waals surface area contributed by atoms with Gasteiger partial charge in [0, 0.05) is 17.8 Å². The molecular weight excluding hydrogens is 354 g/mol. The molecule has 0 bridgehead atoms. The minimum atomic E-state index is -0.387. The summed E-state index contributed by atoms with van der Waals surface area (Å²) in [6.07, 6.45) is 3.15. The molecule has 7 heteroatoms. The molecule has 0 fully saturated rings. The van der Waals surface area contributed by atoms with Crippen molar-refractivity contribution < 1.29 is 9.90 Å². The molecule has 0 saturated carbocycles. The number of benzene rings is 1. The van der Waals surface area contributed by atoms with Crippen molar-refractivity contribution in [1.82, 2.24) is 19.7 Å². The lowest BCUT2D eigenvalue weighted by Gasteiger charge is -2.11. The number of pyridine rings is 2. The van der Waals surface area contributed by atoms with Crippen LogP contribution in [0.1, 0.15) is 30.2 Å². The van der Waals surface area contributed by atoms with Crippen LogP contribution >= 0.6 is 0 Å². The first-order valence-electron chi connectivity index (χ1n) is 8.93. The molecule has 0 radical (unpaired) electrons. The maximum Gasteiger partial charge on any atom is 0.257 e. The molecule has 0 aliphatic heterocycles. The molecule has 0 aliphatic carbocycles. The van der Waals surface area contributed by atoms with Gasteiger partial charge in [-0.25, -0.2) is 14.6 Å². The molecule has 2 N–H and O–H groups in total. The van der Waals surface area contributed by atoms with E-state index in [4.69, 9.17) is 4.98 Å². The predicted octanol–water partition coefficient (Wildman–Crippen LogP) is 4.03. The fourth-order valence-electron chi connectivity index (χ4n) is 3.01. The van der Waals surface area contributed by atoms with Crippen LogP contribution in [0.3, 0.4) is 0 Å². The third-order valence-corrected chi connectivity index (χ3v) is 4.39. The zero-order chi connectivity index (χ0) is 19.7. The summed E-state index contributed by atoms with van der Waals surface area (Å²) in [6.45, 7) is 4.02. The van der Waals surface area contributed by atoms with Crippen LogP contribution in [0.2, 0.25) is 0 Å². The summed E-state index contributed by atoms with van der Waals surface area (Å²) in [5.41, 5.74) is 2.62. The second-order valence-electron chi connectivity index (χ2n) is 6.67. The Bertz CT molecular complexity index is 1150. The van der Waals surface area contributed by atoms with Crippen LogP contribution in [-0.2, 0) is 0 Å². The number of hydrogen-bond donors (Lipinski definition) is 2. The van der Waals surface area contributed by atoms with E-state index in [9.17, 15) is 9.90 Å². The number of carbonyl (C=O) groups excluding carboxylic acids is 1. The summed E-state index contributed by atoms with van der Waals surface area (Å²) in [5, 5.41) is 17.6. The number of nitrogens with zero attached hydrogens (tertiary/aromatic N) is 4. The molecule has 1 amide bonds. The van der Waals surface area contributed by atoms with Crippen molar-refractivity contribution in [3.05, 3.63) is 66.5 Å². The molecule has 0 atom stereocenters. The first kappa shape index (κ1) is 17.7. The number of anilines is 1. The number of hydrogen-bond acceptors (Lipinski definition) is 5.